The Kier molecular flexibility index (Phi) is 5.23. The molecule has 1 unspecified atom stereocenters. The minimum Gasteiger partial charge on any atom is -0.339 e. The van der Waals surface area contributed by atoms with Crippen LogP contribution in [0.2, 0.25) is 0 Å². The standard InChI is InChI=1S/C23H25N5OS/c1-27-9-11-28(12-10-27)23-25-18-14-16(20-8-5-13-30-20)15-19(29)21(18)22(26-23)24-17-6-3-2-4-7-17/h2-8,13,16H,9-12,14-15H2,1H3,(H,24,25,26). The first-order chi connectivity index (χ1) is 14.7. The van der Waals surface area contributed by atoms with Crippen molar-refractivity contribution in [1.82, 2.24) is 14.9 Å². The Bertz CT molecular complexity index is 1030. The van der Waals surface area contributed by atoms with Crippen molar-refractivity contribution in [3.8, 4) is 0 Å². The minimum absolute atomic E-state index is 0.123. The van der Waals surface area contributed by atoms with Gasteiger partial charge in [0.2, 0.25) is 5.95 Å². The quantitative estimate of drug-likeness (QED) is 0.691. The summed E-state index contributed by atoms with van der Waals surface area (Å²) in [4.78, 5) is 28.7. The Balaban J connectivity index is 1.54. The molecule has 1 atom stereocenters. The number of anilines is 3. The number of ketones is 1. The molecule has 154 valence electrons. The second kappa shape index (κ2) is 8.16. The number of piperazine rings is 1. The highest BCUT2D eigenvalue weighted by molar-refractivity contribution is 7.10. The summed E-state index contributed by atoms with van der Waals surface area (Å²) < 4.78 is 0. The molecule has 5 rings (SSSR count). The third-order valence-corrected chi connectivity index (χ3v) is 6.93. The largest absolute Gasteiger partial charge is 0.339 e. The number of hydrogen-bond acceptors (Lipinski definition) is 7. The summed E-state index contributed by atoms with van der Waals surface area (Å²) in [6.45, 7) is 3.75. The molecule has 3 heterocycles. The highest BCUT2D eigenvalue weighted by Crippen LogP contribution is 2.37. The lowest BCUT2D eigenvalue weighted by atomic mass is 9.85. The SMILES string of the molecule is CN1CCN(c2nc3c(c(Nc4ccccc4)n2)C(=O)CC(c2cccs2)C3)CC1. The summed E-state index contributed by atoms with van der Waals surface area (Å²) >= 11 is 1.72. The molecule has 0 spiro atoms. The number of nitrogens with one attached hydrogen (secondary N) is 1. The zero-order chi connectivity index (χ0) is 20.5. The molecule has 0 amide bonds. The number of hydrogen-bond donors (Lipinski definition) is 1. The molecule has 0 radical (unpaired) electrons. The Morgan fingerprint density at radius 1 is 1.00 bits per heavy atom. The van der Waals surface area contributed by atoms with E-state index in [0.717, 1.165) is 49.9 Å². The van der Waals surface area contributed by atoms with E-state index in [4.69, 9.17) is 9.97 Å². The van der Waals surface area contributed by atoms with Crippen molar-refractivity contribution >= 4 is 34.6 Å². The molecule has 2 aliphatic rings. The van der Waals surface area contributed by atoms with Gasteiger partial charge in [-0.2, -0.15) is 4.98 Å². The maximum atomic E-state index is 13.2. The highest BCUT2D eigenvalue weighted by atomic mass is 32.1. The molecule has 1 fully saturated rings. The Hall–Kier alpha value is -2.77. The average molecular weight is 420 g/mol. The maximum absolute atomic E-state index is 13.2. The van der Waals surface area contributed by atoms with Gasteiger partial charge in [-0.15, -0.1) is 11.3 Å². The molecule has 0 bridgehead atoms. The number of thiophene rings is 1. The summed E-state index contributed by atoms with van der Waals surface area (Å²) in [6.07, 6.45) is 1.28. The molecule has 6 nitrogen and oxygen atoms in total. The van der Waals surface area contributed by atoms with Crippen LogP contribution < -0.4 is 10.2 Å². The van der Waals surface area contributed by atoms with Gasteiger partial charge in [0.05, 0.1) is 11.3 Å². The van der Waals surface area contributed by atoms with Crippen LogP contribution in [0.1, 0.15) is 33.3 Å². The number of aromatic nitrogens is 2. The summed E-state index contributed by atoms with van der Waals surface area (Å²) in [5.41, 5.74) is 2.45. The molecule has 1 aliphatic carbocycles. The number of carbonyl (C=O) groups is 1. The predicted octanol–water partition coefficient (Wildman–Crippen LogP) is 3.95. The Morgan fingerprint density at radius 2 is 1.80 bits per heavy atom. The summed E-state index contributed by atoms with van der Waals surface area (Å²) in [5, 5.41) is 5.47. The van der Waals surface area contributed by atoms with Gasteiger partial charge in [0.1, 0.15) is 5.82 Å². The lowest BCUT2D eigenvalue weighted by Crippen LogP contribution is -2.45. The van der Waals surface area contributed by atoms with Gasteiger partial charge in [0, 0.05) is 49.1 Å². The van der Waals surface area contributed by atoms with Crippen LogP contribution in [0, 0.1) is 0 Å². The van der Waals surface area contributed by atoms with Crippen LogP contribution in [0.15, 0.2) is 47.8 Å². The van der Waals surface area contributed by atoms with Gasteiger partial charge in [-0.25, -0.2) is 4.98 Å². The van der Waals surface area contributed by atoms with Gasteiger partial charge in [0.25, 0.3) is 0 Å². The molecule has 0 saturated carbocycles. The molecule has 30 heavy (non-hydrogen) atoms. The van der Waals surface area contributed by atoms with Crippen LogP contribution in [-0.4, -0.2) is 53.9 Å². The average Bonchev–Trinajstić information content (AvgIpc) is 3.29. The van der Waals surface area contributed by atoms with Crippen molar-refractivity contribution in [3.63, 3.8) is 0 Å². The van der Waals surface area contributed by atoms with E-state index in [1.165, 1.54) is 4.88 Å². The minimum atomic E-state index is 0.123. The molecule has 2 aromatic heterocycles. The van der Waals surface area contributed by atoms with Crippen molar-refractivity contribution in [3.05, 3.63) is 64.0 Å². The third-order valence-electron chi connectivity index (χ3n) is 5.89. The number of fused-ring (bicyclic) bond motifs is 1. The van der Waals surface area contributed by atoms with Crippen LogP contribution >= 0.6 is 11.3 Å². The first-order valence-corrected chi connectivity index (χ1v) is 11.3. The number of likely N-dealkylation sites (N-methyl/N-ethyl adjacent to an activating group) is 1. The fourth-order valence-electron chi connectivity index (χ4n) is 4.19. The van der Waals surface area contributed by atoms with Crippen molar-refractivity contribution in [2.24, 2.45) is 0 Å². The van der Waals surface area contributed by atoms with Crippen LogP contribution in [0.25, 0.3) is 0 Å². The molecule has 1 aromatic carbocycles. The Morgan fingerprint density at radius 3 is 2.53 bits per heavy atom. The van der Waals surface area contributed by atoms with E-state index in [-0.39, 0.29) is 11.7 Å². The van der Waals surface area contributed by atoms with E-state index in [9.17, 15) is 4.79 Å². The zero-order valence-corrected chi connectivity index (χ0v) is 17.9. The summed E-state index contributed by atoms with van der Waals surface area (Å²) in [5.74, 6) is 1.68. The Labute approximate surface area is 180 Å². The first kappa shape index (κ1) is 19.2. The van der Waals surface area contributed by atoms with E-state index in [0.29, 0.717) is 17.8 Å². The van der Waals surface area contributed by atoms with Gasteiger partial charge in [0.15, 0.2) is 5.78 Å². The van der Waals surface area contributed by atoms with Gasteiger partial charge < -0.3 is 15.1 Å². The van der Waals surface area contributed by atoms with Crippen molar-refractivity contribution in [1.29, 1.82) is 0 Å². The van der Waals surface area contributed by atoms with Crippen LogP contribution in [-0.2, 0) is 6.42 Å². The number of Topliss-reactive ketones (excluding diaryl/α,β-unsaturated/α-hetero) is 1. The van der Waals surface area contributed by atoms with Gasteiger partial charge in [-0.3, -0.25) is 4.79 Å². The molecular formula is C23H25N5OS. The lowest BCUT2D eigenvalue weighted by Gasteiger charge is -2.33. The second-order valence-electron chi connectivity index (χ2n) is 8.02. The van der Waals surface area contributed by atoms with Crippen LogP contribution in [0.5, 0.6) is 0 Å². The van der Waals surface area contributed by atoms with E-state index >= 15 is 0 Å². The normalized spacial score (nSPS) is 19.6. The highest BCUT2D eigenvalue weighted by Gasteiger charge is 2.32. The monoisotopic (exact) mass is 419 g/mol. The number of carbonyl (C=O) groups excluding carboxylic acids is 1. The van der Waals surface area contributed by atoms with E-state index in [2.05, 4.69) is 39.7 Å². The van der Waals surface area contributed by atoms with E-state index in [1.807, 2.05) is 30.3 Å². The molecule has 1 saturated heterocycles. The number of para-hydroxylation sites is 1. The number of rotatable bonds is 4. The zero-order valence-electron chi connectivity index (χ0n) is 17.0. The molecule has 1 aliphatic heterocycles. The van der Waals surface area contributed by atoms with Gasteiger partial charge in [-0.05, 0) is 37.0 Å². The van der Waals surface area contributed by atoms with E-state index < -0.39 is 0 Å². The summed E-state index contributed by atoms with van der Waals surface area (Å²) in [6, 6.07) is 14.1. The molecular weight excluding hydrogens is 394 g/mol. The fraction of sp³-hybridized carbons (Fsp3) is 0.348. The molecule has 3 aromatic rings. The maximum Gasteiger partial charge on any atom is 0.227 e. The topological polar surface area (TPSA) is 61.4 Å². The molecule has 1 N–H and O–H groups in total. The van der Waals surface area contributed by atoms with Gasteiger partial charge >= 0.3 is 0 Å². The van der Waals surface area contributed by atoms with Crippen LogP contribution in [0.4, 0.5) is 17.5 Å². The van der Waals surface area contributed by atoms with E-state index in [1.54, 1.807) is 11.3 Å². The fourth-order valence-corrected chi connectivity index (χ4v) is 5.02. The summed E-state index contributed by atoms with van der Waals surface area (Å²) in [7, 11) is 2.14. The smallest absolute Gasteiger partial charge is 0.227 e. The van der Waals surface area contributed by atoms with Crippen LogP contribution in [0.3, 0.4) is 0 Å². The number of benzene rings is 1. The second-order valence-corrected chi connectivity index (χ2v) is 9.00. The predicted molar refractivity (Wildman–Crippen MR) is 121 cm³/mol. The van der Waals surface area contributed by atoms with Crippen molar-refractivity contribution in [2.75, 3.05) is 43.4 Å². The van der Waals surface area contributed by atoms with Gasteiger partial charge in [-0.1, -0.05) is 24.3 Å². The first-order valence-electron chi connectivity index (χ1n) is 10.4. The lowest BCUT2D eigenvalue weighted by molar-refractivity contribution is 0.0964. The van der Waals surface area contributed by atoms with Crippen molar-refractivity contribution < 1.29 is 4.79 Å². The number of nitrogens with zero attached hydrogens (tertiary/aromatic N) is 4. The third kappa shape index (κ3) is 3.82. The molecule has 7 heteroatoms. The van der Waals surface area contributed by atoms with Crippen molar-refractivity contribution in [2.45, 2.75) is 18.8 Å².